The Kier molecular flexibility index (Phi) is 4.62. The third-order valence-electron chi connectivity index (χ3n) is 2.52. The number of benzene rings is 2. The van der Waals surface area contributed by atoms with Crippen LogP contribution in [0.3, 0.4) is 0 Å². The Labute approximate surface area is 134 Å². The molecule has 0 amide bonds. The van der Waals surface area contributed by atoms with Crippen LogP contribution in [-0.4, -0.2) is 15.1 Å². The van der Waals surface area contributed by atoms with Crippen molar-refractivity contribution in [2.24, 2.45) is 0 Å². The summed E-state index contributed by atoms with van der Waals surface area (Å²) in [4.78, 5) is 10.2. The van der Waals surface area contributed by atoms with Crippen LogP contribution in [-0.2, 0) is 0 Å². The van der Waals surface area contributed by atoms with Gasteiger partial charge in [0.2, 0.25) is 0 Å². The van der Waals surface area contributed by atoms with Crippen molar-refractivity contribution in [2.75, 3.05) is 0 Å². The topological polar surface area (TPSA) is 72.6 Å². The fourth-order valence-corrected chi connectivity index (χ4v) is 2.20. The highest BCUT2D eigenvalue weighted by atomic mass is 35.5. The molecule has 21 heavy (non-hydrogen) atoms. The Balaban J connectivity index is 2.39. The minimum atomic E-state index is -0.642. The fourth-order valence-electron chi connectivity index (χ4n) is 1.59. The minimum absolute atomic E-state index is 0.0995. The number of halogens is 2. The van der Waals surface area contributed by atoms with Crippen molar-refractivity contribution in [2.45, 2.75) is 0 Å². The monoisotopic (exact) mass is 343 g/mol. The average molecular weight is 344 g/mol. The van der Waals surface area contributed by atoms with Gasteiger partial charge in [-0.1, -0.05) is 23.2 Å². The summed E-state index contributed by atoms with van der Waals surface area (Å²) in [5.74, 6) is 0.570. The van der Waals surface area contributed by atoms with Gasteiger partial charge in [0.05, 0.1) is 9.95 Å². The molecule has 0 spiro atoms. The van der Waals surface area contributed by atoms with E-state index < -0.39 is 9.97 Å². The maximum atomic E-state index is 10.8. The van der Waals surface area contributed by atoms with Gasteiger partial charge in [-0.2, -0.15) is 0 Å². The largest absolute Gasteiger partial charge is 0.498 e. The second kappa shape index (κ2) is 6.26. The molecule has 0 saturated carbocycles. The van der Waals surface area contributed by atoms with Gasteiger partial charge in [0.15, 0.2) is 5.05 Å². The summed E-state index contributed by atoms with van der Waals surface area (Å²) in [5, 5.41) is 20.4. The number of hydrogen-bond donors (Lipinski definition) is 1. The van der Waals surface area contributed by atoms with Gasteiger partial charge >= 0.3 is 0 Å². The van der Waals surface area contributed by atoms with E-state index in [1.807, 2.05) is 0 Å². The Morgan fingerprint density at radius 1 is 1.24 bits per heavy atom. The van der Waals surface area contributed by atoms with Crippen LogP contribution in [0.1, 0.15) is 5.56 Å². The molecular weight excluding hydrogens is 337 g/mol. The van der Waals surface area contributed by atoms with Crippen LogP contribution >= 0.6 is 35.4 Å². The maximum Gasteiger partial charge on any atom is 0.281 e. The van der Waals surface area contributed by atoms with E-state index >= 15 is 0 Å². The molecule has 0 atom stereocenters. The summed E-state index contributed by atoms with van der Waals surface area (Å²) in [6.07, 6.45) is 0. The molecule has 2 aromatic rings. The van der Waals surface area contributed by atoms with Crippen molar-refractivity contribution in [3.05, 3.63) is 62.1 Å². The third kappa shape index (κ3) is 3.60. The standard InChI is InChI=1S/C13H7Cl2NO4S/c14-7-1-4-12(10(15)5-7)20-8-2-3-11(16(18)19)9(6-8)13(17)21/h1-6H,(H,17,21). The lowest BCUT2D eigenvalue weighted by molar-refractivity contribution is -0.385. The number of aliphatic hydroxyl groups excluding tert-OH is 1. The first-order valence-electron chi connectivity index (χ1n) is 5.53. The molecule has 2 aromatic carbocycles. The van der Waals surface area contributed by atoms with E-state index in [0.717, 1.165) is 0 Å². The fraction of sp³-hybridized carbons (Fsp3) is 0. The molecule has 0 bridgehead atoms. The third-order valence-corrected chi connectivity index (χ3v) is 3.27. The van der Waals surface area contributed by atoms with Gasteiger partial charge in [0, 0.05) is 11.1 Å². The quantitative estimate of drug-likeness (QED) is 0.484. The van der Waals surface area contributed by atoms with Crippen molar-refractivity contribution in [1.29, 1.82) is 0 Å². The van der Waals surface area contributed by atoms with E-state index in [-0.39, 0.29) is 22.0 Å². The average Bonchev–Trinajstić information content (AvgIpc) is 2.41. The van der Waals surface area contributed by atoms with Crippen LogP contribution in [0.25, 0.3) is 0 Å². The first-order chi connectivity index (χ1) is 9.88. The van der Waals surface area contributed by atoms with Gasteiger partial charge in [-0.15, -0.1) is 0 Å². The Morgan fingerprint density at radius 2 is 1.95 bits per heavy atom. The molecule has 0 aliphatic carbocycles. The predicted octanol–water partition coefficient (Wildman–Crippen LogP) is 4.93. The molecule has 0 heterocycles. The van der Waals surface area contributed by atoms with Crippen LogP contribution in [0.15, 0.2) is 36.4 Å². The summed E-state index contributed by atoms with van der Waals surface area (Å²) in [6, 6.07) is 8.49. The Bertz CT molecular complexity index is 736. The van der Waals surface area contributed by atoms with Crippen LogP contribution in [0.2, 0.25) is 10.0 Å². The maximum absolute atomic E-state index is 10.8. The normalized spacial score (nSPS) is 10.2. The second-order valence-electron chi connectivity index (χ2n) is 3.92. The van der Waals surface area contributed by atoms with Gasteiger partial charge in [0.25, 0.3) is 5.69 Å². The van der Waals surface area contributed by atoms with Crippen molar-refractivity contribution >= 4 is 46.2 Å². The molecule has 108 valence electrons. The Morgan fingerprint density at radius 3 is 2.52 bits per heavy atom. The van der Waals surface area contributed by atoms with E-state index in [9.17, 15) is 15.2 Å². The van der Waals surface area contributed by atoms with Crippen molar-refractivity contribution in [3.63, 3.8) is 0 Å². The first kappa shape index (κ1) is 15.5. The van der Waals surface area contributed by atoms with E-state index in [2.05, 4.69) is 12.2 Å². The van der Waals surface area contributed by atoms with Gasteiger partial charge < -0.3 is 9.84 Å². The molecule has 0 aliphatic heterocycles. The molecule has 0 unspecified atom stereocenters. The molecule has 5 nitrogen and oxygen atoms in total. The van der Waals surface area contributed by atoms with Crippen LogP contribution < -0.4 is 4.74 Å². The van der Waals surface area contributed by atoms with Crippen LogP contribution in [0.5, 0.6) is 11.5 Å². The zero-order valence-electron chi connectivity index (χ0n) is 10.2. The number of nitro benzene ring substituents is 1. The first-order valence-corrected chi connectivity index (χ1v) is 6.69. The zero-order valence-corrected chi connectivity index (χ0v) is 12.6. The summed E-state index contributed by atoms with van der Waals surface area (Å²) >= 11 is 16.3. The lowest BCUT2D eigenvalue weighted by Gasteiger charge is -2.09. The van der Waals surface area contributed by atoms with Gasteiger partial charge in [-0.05, 0) is 42.5 Å². The van der Waals surface area contributed by atoms with E-state index in [1.54, 1.807) is 12.1 Å². The number of nitro groups is 1. The van der Waals surface area contributed by atoms with Gasteiger partial charge in [-0.3, -0.25) is 10.1 Å². The smallest absolute Gasteiger partial charge is 0.281 e. The summed E-state index contributed by atoms with van der Waals surface area (Å²) < 4.78 is 5.51. The highest BCUT2D eigenvalue weighted by molar-refractivity contribution is 7.80. The van der Waals surface area contributed by atoms with E-state index in [4.69, 9.17) is 27.9 Å². The second-order valence-corrected chi connectivity index (χ2v) is 5.15. The lowest BCUT2D eigenvalue weighted by atomic mass is 10.2. The molecule has 0 aromatic heterocycles. The molecular formula is C13H7Cl2NO4S. The molecule has 0 aliphatic rings. The Hall–Kier alpha value is -1.89. The predicted molar refractivity (Wildman–Crippen MR) is 84.0 cm³/mol. The lowest BCUT2D eigenvalue weighted by Crippen LogP contribution is -2.01. The molecule has 8 heteroatoms. The molecule has 0 radical (unpaired) electrons. The summed E-state index contributed by atoms with van der Waals surface area (Å²) in [7, 11) is 0. The van der Waals surface area contributed by atoms with Crippen molar-refractivity contribution in [1.82, 2.24) is 0 Å². The van der Waals surface area contributed by atoms with Crippen LogP contribution in [0.4, 0.5) is 5.69 Å². The molecule has 0 saturated heterocycles. The minimum Gasteiger partial charge on any atom is -0.498 e. The highest BCUT2D eigenvalue weighted by Gasteiger charge is 2.18. The summed E-state index contributed by atoms with van der Waals surface area (Å²) in [5.41, 5.74) is -0.408. The number of thiocarbonyl (C=S) groups is 1. The number of nitrogens with zero attached hydrogens (tertiary/aromatic N) is 1. The highest BCUT2D eigenvalue weighted by Crippen LogP contribution is 2.33. The van der Waals surface area contributed by atoms with E-state index in [1.165, 1.54) is 24.3 Å². The molecule has 1 N–H and O–H groups in total. The molecule has 2 rings (SSSR count). The number of aliphatic hydroxyl groups is 1. The van der Waals surface area contributed by atoms with Gasteiger partial charge in [-0.25, -0.2) is 0 Å². The summed E-state index contributed by atoms with van der Waals surface area (Å²) in [6.45, 7) is 0. The SMILES string of the molecule is O=[N+]([O-])c1ccc(Oc2ccc(Cl)cc2Cl)cc1C(O)=S. The number of ether oxygens (including phenoxy) is 1. The zero-order chi connectivity index (χ0) is 15.6. The van der Waals surface area contributed by atoms with Crippen LogP contribution in [0, 0.1) is 10.1 Å². The number of hydrogen-bond acceptors (Lipinski definition) is 4. The van der Waals surface area contributed by atoms with Crippen molar-refractivity contribution < 1.29 is 14.8 Å². The van der Waals surface area contributed by atoms with E-state index in [0.29, 0.717) is 10.8 Å². The van der Waals surface area contributed by atoms with Gasteiger partial charge in [0.1, 0.15) is 17.1 Å². The number of rotatable bonds is 4. The molecule has 0 fully saturated rings. The van der Waals surface area contributed by atoms with Crippen molar-refractivity contribution in [3.8, 4) is 11.5 Å².